The second kappa shape index (κ2) is 6.55. The van der Waals surface area contributed by atoms with Gasteiger partial charge < -0.3 is 11.5 Å². The number of carbonyl (C=O) groups excluding carboxylic acids is 1. The van der Waals surface area contributed by atoms with Crippen LogP contribution in [0.2, 0.25) is 0 Å². The molecule has 1 amide bonds. The van der Waals surface area contributed by atoms with Gasteiger partial charge in [0, 0.05) is 12.6 Å². The van der Waals surface area contributed by atoms with Crippen molar-refractivity contribution in [2.45, 2.75) is 38.1 Å². The quantitative estimate of drug-likeness (QED) is 0.693. The van der Waals surface area contributed by atoms with E-state index in [4.69, 9.17) is 11.5 Å². The van der Waals surface area contributed by atoms with Gasteiger partial charge in [0.1, 0.15) is 0 Å². The normalized spacial score (nSPS) is 13.9. The molecule has 0 radical (unpaired) electrons. The lowest BCUT2D eigenvalue weighted by atomic mass is 9.93. The number of hydrogen-bond acceptors (Lipinski definition) is 4. The SMILES string of the molecule is CCC(N)c1cccc(S(=O)(=O)NCC(C)(C)C(N)=O)c1. The van der Waals surface area contributed by atoms with E-state index in [0.717, 1.165) is 5.56 Å². The number of carbonyl (C=O) groups is 1. The summed E-state index contributed by atoms with van der Waals surface area (Å²) in [6.07, 6.45) is 0.714. The molecule has 0 aromatic heterocycles. The molecule has 118 valence electrons. The van der Waals surface area contributed by atoms with E-state index < -0.39 is 21.3 Å². The maximum absolute atomic E-state index is 12.3. The van der Waals surface area contributed by atoms with Crippen LogP contribution in [0.4, 0.5) is 0 Å². The zero-order valence-corrected chi connectivity index (χ0v) is 13.4. The third-order valence-electron chi connectivity index (χ3n) is 3.41. The maximum Gasteiger partial charge on any atom is 0.240 e. The molecule has 0 bridgehead atoms. The van der Waals surface area contributed by atoms with Crippen molar-refractivity contribution >= 4 is 15.9 Å². The molecule has 1 aromatic carbocycles. The molecule has 1 atom stereocenters. The lowest BCUT2D eigenvalue weighted by molar-refractivity contribution is -0.125. The number of nitrogens with two attached hydrogens (primary N) is 2. The number of nitrogens with one attached hydrogen (secondary N) is 1. The van der Waals surface area contributed by atoms with E-state index in [0.29, 0.717) is 6.42 Å². The Hall–Kier alpha value is -1.44. The summed E-state index contributed by atoms with van der Waals surface area (Å²) in [5.41, 5.74) is 10.9. The predicted molar refractivity (Wildman–Crippen MR) is 81.8 cm³/mol. The highest BCUT2D eigenvalue weighted by Gasteiger charge is 2.27. The Morgan fingerprint density at radius 2 is 2.00 bits per heavy atom. The molecule has 0 aliphatic heterocycles. The minimum atomic E-state index is -3.70. The average molecular weight is 313 g/mol. The minimum Gasteiger partial charge on any atom is -0.369 e. The second-order valence-corrected chi connectivity index (χ2v) is 7.43. The summed E-state index contributed by atoms with van der Waals surface area (Å²) in [4.78, 5) is 11.4. The van der Waals surface area contributed by atoms with E-state index in [9.17, 15) is 13.2 Å². The first kappa shape index (κ1) is 17.6. The molecule has 6 nitrogen and oxygen atoms in total. The van der Waals surface area contributed by atoms with Crippen LogP contribution < -0.4 is 16.2 Å². The molecule has 7 heteroatoms. The Balaban J connectivity index is 2.96. The summed E-state index contributed by atoms with van der Waals surface area (Å²) in [6.45, 7) is 5.04. The minimum absolute atomic E-state index is 0.0608. The highest BCUT2D eigenvalue weighted by atomic mass is 32.2. The summed E-state index contributed by atoms with van der Waals surface area (Å²) < 4.78 is 26.9. The van der Waals surface area contributed by atoms with Gasteiger partial charge in [0.25, 0.3) is 0 Å². The Kier molecular flexibility index (Phi) is 5.49. The van der Waals surface area contributed by atoms with Gasteiger partial charge in [-0.2, -0.15) is 0 Å². The average Bonchev–Trinajstić information content (AvgIpc) is 2.44. The standard InChI is InChI=1S/C14H23N3O3S/c1-4-12(15)10-6-5-7-11(8-10)21(19,20)17-9-14(2,3)13(16)18/h5-8,12,17H,4,9,15H2,1-3H3,(H2,16,18). The van der Waals surface area contributed by atoms with Crippen molar-refractivity contribution in [1.82, 2.24) is 4.72 Å². The first-order valence-corrected chi connectivity index (χ1v) is 8.23. The first-order valence-electron chi connectivity index (χ1n) is 6.75. The van der Waals surface area contributed by atoms with Crippen molar-refractivity contribution in [3.8, 4) is 0 Å². The first-order chi connectivity index (χ1) is 9.60. The molecule has 0 heterocycles. The van der Waals surface area contributed by atoms with Crippen molar-refractivity contribution < 1.29 is 13.2 Å². The van der Waals surface area contributed by atoms with Crippen LogP contribution in [0.1, 0.15) is 38.8 Å². The Bertz CT molecular complexity index is 612. The molecule has 1 aromatic rings. The van der Waals surface area contributed by atoms with Gasteiger partial charge in [-0.05, 0) is 38.0 Å². The van der Waals surface area contributed by atoms with Crippen LogP contribution in [0, 0.1) is 5.41 Å². The molecule has 0 aliphatic carbocycles. The summed E-state index contributed by atoms with van der Waals surface area (Å²) in [7, 11) is -3.70. The summed E-state index contributed by atoms with van der Waals surface area (Å²) in [5.74, 6) is -0.563. The third-order valence-corrected chi connectivity index (χ3v) is 4.81. The Labute approximate surface area is 126 Å². The fraction of sp³-hybridized carbons (Fsp3) is 0.500. The summed E-state index contributed by atoms with van der Waals surface area (Å²) in [6, 6.07) is 6.28. The number of rotatable bonds is 7. The number of sulfonamides is 1. The molecule has 1 unspecified atom stereocenters. The van der Waals surface area contributed by atoms with E-state index >= 15 is 0 Å². The van der Waals surface area contributed by atoms with E-state index in [1.807, 2.05) is 6.92 Å². The smallest absolute Gasteiger partial charge is 0.240 e. The molecule has 0 aliphatic rings. The van der Waals surface area contributed by atoms with Gasteiger partial charge in [0.15, 0.2) is 0 Å². The van der Waals surface area contributed by atoms with Crippen molar-refractivity contribution in [3.05, 3.63) is 29.8 Å². The number of hydrogen-bond donors (Lipinski definition) is 3. The number of primary amides is 1. The molecular formula is C14H23N3O3S. The van der Waals surface area contributed by atoms with E-state index in [-0.39, 0.29) is 17.5 Å². The fourth-order valence-electron chi connectivity index (χ4n) is 1.59. The van der Waals surface area contributed by atoms with Crippen LogP contribution >= 0.6 is 0 Å². The number of amides is 1. The van der Waals surface area contributed by atoms with Crippen LogP contribution in [0.25, 0.3) is 0 Å². The van der Waals surface area contributed by atoms with E-state index in [2.05, 4.69) is 4.72 Å². The molecule has 0 saturated heterocycles. The van der Waals surface area contributed by atoms with Gasteiger partial charge >= 0.3 is 0 Å². The molecule has 21 heavy (non-hydrogen) atoms. The lowest BCUT2D eigenvalue weighted by Crippen LogP contribution is -2.42. The van der Waals surface area contributed by atoms with Crippen molar-refractivity contribution in [3.63, 3.8) is 0 Å². The lowest BCUT2D eigenvalue weighted by Gasteiger charge is -2.21. The monoisotopic (exact) mass is 313 g/mol. The van der Waals surface area contributed by atoms with Crippen molar-refractivity contribution in [2.75, 3.05) is 6.54 Å². The van der Waals surface area contributed by atoms with Gasteiger partial charge in [0.2, 0.25) is 15.9 Å². The molecule has 5 N–H and O–H groups in total. The van der Waals surface area contributed by atoms with Crippen LogP contribution in [-0.2, 0) is 14.8 Å². The molecule has 0 saturated carbocycles. The van der Waals surface area contributed by atoms with Gasteiger partial charge in [0.05, 0.1) is 10.3 Å². The molecule has 1 rings (SSSR count). The van der Waals surface area contributed by atoms with Gasteiger partial charge in [-0.3, -0.25) is 4.79 Å². The molecule has 0 spiro atoms. The third kappa shape index (κ3) is 4.52. The summed E-state index contributed by atoms with van der Waals surface area (Å²) >= 11 is 0. The van der Waals surface area contributed by atoms with Crippen molar-refractivity contribution in [2.24, 2.45) is 16.9 Å². The second-order valence-electron chi connectivity index (χ2n) is 5.66. The van der Waals surface area contributed by atoms with Crippen LogP contribution in [-0.4, -0.2) is 20.9 Å². The molecular weight excluding hydrogens is 290 g/mol. The Morgan fingerprint density at radius 3 is 2.52 bits per heavy atom. The van der Waals surface area contributed by atoms with E-state index in [1.54, 1.807) is 32.0 Å². The van der Waals surface area contributed by atoms with Gasteiger partial charge in [-0.1, -0.05) is 19.1 Å². The largest absolute Gasteiger partial charge is 0.369 e. The van der Waals surface area contributed by atoms with Gasteiger partial charge in [-0.15, -0.1) is 0 Å². The zero-order valence-electron chi connectivity index (χ0n) is 12.6. The van der Waals surface area contributed by atoms with Gasteiger partial charge in [-0.25, -0.2) is 13.1 Å². The highest BCUT2D eigenvalue weighted by Crippen LogP contribution is 2.19. The summed E-state index contributed by atoms with van der Waals surface area (Å²) in [5, 5.41) is 0. The van der Waals surface area contributed by atoms with Crippen molar-refractivity contribution in [1.29, 1.82) is 0 Å². The Morgan fingerprint density at radius 1 is 1.38 bits per heavy atom. The molecule has 0 fully saturated rings. The topological polar surface area (TPSA) is 115 Å². The fourth-order valence-corrected chi connectivity index (χ4v) is 2.86. The van der Waals surface area contributed by atoms with Crippen LogP contribution in [0.15, 0.2) is 29.2 Å². The number of benzene rings is 1. The van der Waals surface area contributed by atoms with E-state index in [1.165, 1.54) is 6.07 Å². The zero-order chi connectivity index (χ0) is 16.3. The maximum atomic E-state index is 12.3. The van der Waals surface area contributed by atoms with Crippen LogP contribution in [0.5, 0.6) is 0 Å². The highest BCUT2D eigenvalue weighted by molar-refractivity contribution is 7.89. The van der Waals surface area contributed by atoms with Crippen LogP contribution in [0.3, 0.4) is 0 Å². The predicted octanol–water partition coefficient (Wildman–Crippen LogP) is 0.886.